The summed E-state index contributed by atoms with van der Waals surface area (Å²) in [6.45, 7) is 7.94. The highest BCUT2D eigenvalue weighted by molar-refractivity contribution is 6.30. The second kappa shape index (κ2) is 15.6. The quantitative estimate of drug-likeness (QED) is 0.451. The molecule has 34 heavy (non-hydrogen) atoms. The fraction of sp³-hybridized carbons (Fsp3) is 0.455. The first-order valence-corrected chi connectivity index (χ1v) is 10.3. The van der Waals surface area contributed by atoms with Gasteiger partial charge in [-0.05, 0) is 49.7 Å². The Morgan fingerprint density at radius 2 is 1.59 bits per heavy atom. The van der Waals surface area contributed by atoms with Gasteiger partial charge < -0.3 is 15.6 Å². The Hall–Kier alpha value is -2.24. The van der Waals surface area contributed by atoms with E-state index in [1.807, 2.05) is 13.8 Å². The molecule has 0 saturated heterocycles. The molecule has 0 saturated carbocycles. The molecule has 0 aliphatic rings. The minimum atomic E-state index is -4.58. The number of carbonyl (C=O) groups excluding carboxylic acids is 1. The molecular formula is C22H28ClF7N2O2. The van der Waals surface area contributed by atoms with Crippen LogP contribution in [0.4, 0.5) is 30.7 Å². The number of rotatable bonds is 3. The van der Waals surface area contributed by atoms with Gasteiger partial charge in [0.25, 0.3) is 0 Å². The van der Waals surface area contributed by atoms with Gasteiger partial charge in [0.1, 0.15) is 11.6 Å². The normalized spacial score (nSPS) is 12.6. The monoisotopic (exact) mass is 520 g/mol. The van der Waals surface area contributed by atoms with Crippen LogP contribution in [0.15, 0.2) is 36.5 Å². The van der Waals surface area contributed by atoms with E-state index in [2.05, 4.69) is 10.7 Å². The summed E-state index contributed by atoms with van der Waals surface area (Å²) in [5.74, 6) is -1.22. The van der Waals surface area contributed by atoms with Crippen molar-refractivity contribution in [1.82, 2.24) is 4.98 Å². The van der Waals surface area contributed by atoms with Crippen LogP contribution >= 0.6 is 11.6 Å². The number of aromatic nitrogens is 1. The number of aliphatic hydroxyl groups excluding tert-OH is 1. The van der Waals surface area contributed by atoms with Crippen LogP contribution in [0.25, 0.3) is 0 Å². The van der Waals surface area contributed by atoms with Gasteiger partial charge in [-0.2, -0.15) is 26.3 Å². The Labute approximate surface area is 198 Å². The maximum Gasteiger partial charge on any atom is 0.416 e. The van der Waals surface area contributed by atoms with Crippen LogP contribution in [0.2, 0.25) is 5.02 Å². The summed E-state index contributed by atoms with van der Waals surface area (Å²) in [6.07, 6.45) is -10.1. The number of hydrogen-bond donors (Lipinski definition) is 2. The molecule has 2 atom stereocenters. The third-order valence-corrected chi connectivity index (χ3v) is 3.77. The molecule has 2 rings (SSSR count). The van der Waals surface area contributed by atoms with Gasteiger partial charge in [-0.3, -0.25) is 4.98 Å². The lowest BCUT2D eigenvalue weighted by atomic mass is 9.95. The van der Waals surface area contributed by atoms with E-state index in [0.29, 0.717) is 16.8 Å². The molecule has 12 heteroatoms. The predicted molar refractivity (Wildman–Crippen MR) is 117 cm³/mol. The molecule has 0 aliphatic heterocycles. The first-order chi connectivity index (χ1) is 15.5. The van der Waals surface area contributed by atoms with E-state index in [9.17, 15) is 35.5 Å². The van der Waals surface area contributed by atoms with Crippen LogP contribution in [0, 0.1) is 5.82 Å². The minimum Gasteiger partial charge on any atom is -0.382 e. The molecule has 2 aromatic rings. The number of carbonyl (C=O) groups is 1. The van der Waals surface area contributed by atoms with Crippen molar-refractivity contribution in [2.75, 3.05) is 6.54 Å². The highest BCUT2D eigenvalue weighted by Gasteiger charge is 2.36. The average molecular weight is 521 g/mol. The zero-order valence-corrected chi connectivity index (χ0v) is 20.0. The first-order valence-electron chi connectivity index (χ1n) is 9.90. The molecule has 0 spiro atoms. The molecule has 3 N–H and O–H groups in total. The number of Topliss-reactive ketones (excluding diaryl/α,β-unsaturated/α-hetero) is 1. The topological polar surface area (TPSA) is 76.2 Å². The van der Waals surface area contributed by atoms with Crippen LogP contribution < -0.4 is 5.73 Å². The summed E-state index contributed by atoms with van der Waals surface area (Å²) < 4.78 is 84.7. The Bertz CT molecular complexity index is 854. The largest absolute Gasteiger partial charge is 0.416 e. The number of nitrogens with two attached hydrogens (primary N) is 1. The fourth-order valence-corrected chi connectivity index (χ4v) is 2.09. The smallest absolute Gasteiger partial charge is 0.382 e. The van der Waals surface area contributed by atoms with Gasteiger partial charge in [0.2, 0.25) is 0 Å². The second-order valence-electron chi connectivity index (χ2n) is 6.60. The fourth-order valence-electron chi connectivity index (χ4n) is 1.97. The standard InChI is InChI=1S/C14H10ClF4N.C3H6F3NO.C3H6O.C2H6/c1-8(13-3-2-11(15)7-20-13)9-4-10(14(17,18)19)6-12(16)5-9;4-3(5,6)2(8)1-7;1-3(2)4;1-2/h2-8H,1H3;2,8H,1,7H2;1-2H3;1-2H3/t8-;2-;;/m01../s1. The lowest BCUT2D eigenvalue weighted by Gasteiger charge is -2.14. The summed E-state index contributed by atoms with van der Waals surface area (Å²) >= 11 is 5.70. The van der Waals surface area contributed by atoms with Gasteiger partial charge in [-0.1, -0.05) is 32.4 Å². The lowest BCUT2D eigenvalue weighted by Crippen LogP contribution is -2.35. The van der Waals surface area contributed by atoms with Crippen molar-refractivity contribution >= 4 is 17.4 Å². The number of alkyl halides is 6. The summed E-state index contributed by atoms with van der Waals surface area (Å²) in [5.41, 5.74) is 4.22. The van der Waals surface area contributed by atoms with Gasteiger partial charge in [0.05, 0.1) is 10.6 Å². The van der Waals surface area contributed by atoms with Crippen molar-refractivity contribution in [1.29, 1.82) is 0 Å². The minimum absolute atomic E-state index is 0.167. The van der Waals surface area contributed by atoms with Crippen LogP contribution in [0.3, 0.4) is 0 Å². The number of hydrogen-bond acceptors (Lipinski definition) is 4. The number of ketones is 1. The molecule has 0 bridgehead atoms. The van der Waals surface area contributed by atoms with E-state index < -0.39 is 42.3 Å². The summed E-state index contributed by atoms with van der Waals surface area (Å²) in [4.78, 5) is 13.5. The number of nitrogens with zero attached hydrogens (tertiary/aromatic N) is 1. The molecule has 0 unspecified atom stereocenters. The summed E-state index contributed by atoms with van der Waals surface area (Å²) in [6, 6.07) is 5.68. The van der Waals surface area contributed by atoms with Crippen LogP contribution in [0.5, 0.6) is 0 Å². The molecule has 0 fully saturated rings. The predicted octanol–water partition coefficient (Wildman–Crippen LogP) is 6.53. The third-order valence-electron chi connectivity index (χ3n) is 3.54. The van der Waals surface area contributed by atoms with Gasteiger partial charge >= 0.3 is 12.4 Å². The molecular weight excluding hydrogens is 493 g/mol. The maximum absolute atomic E-state index is 13.4. The number of aliphatic hydroxyl groups is 1. The number of benzene rings is 1. The van der Waals surface area contributed by atoms with Crippen molar-refractivity contribution in [2.24, 2.45) is 5.73 Å². The average Bonchev–Trinajstić information content (AvgIpc) is 2.73. The summed E-state index contributed by atoms with van der Waals surface area (Å²) in [5, 5.41) is 8.37. The molecule has 1 heterocycles. The zero-order chi connectivity index (χ0) is 27.3. The maximum atomic E-state index is 13.4. The highest BCUT2D eigenvalue weighted by Crippen LogP contribution is 2.33. The molecule has 0 aliphatic carbocycles. The van der Waals surface area contributed by atoms with Crippen LogP contribution in [0.1, 0.15) is 57.4 Å². The van der Waals surface area contributed by atoms with E-state index in [0.717, 1.165) is 12.1 Å². The van der Waals surface area contributed by atoms with Crippen molar-refractivity contribution in [3.8, 4) is 0 Å². The Kier molecular flexibility index (Phi) is 15.6. The Balaban J connectivity index is 0. The van der Waals surface area contributed by atoms with Gasteiger partial charge in [-0.15, -0.1) is 0 Å². The second-order valence-corrected chi connectivity index (χ2v) is 7.03. The molecule has 4 nitrogen and oxygen atoms in total. The van der Waals surface area contributed by atoms with E-state index in [-0.39, 0.29) is 11.3 Å². The molecule has 0 amide bonds. The zero-order valence-electron chi connectivity index (χ0n) is 19.2. The van der Waals surface area contributed by atoms with Crippen molar-refractivity contribution in [2.45, 2.75) is 59.0 Å². The van der Waals surface area contributed by atoms with Crippen LogP contribution in [-0.4, -0.2) is 34.7 Å². The molecule has 194 valence electrons. The van der Waals surface area contributed by atoms with E-state index in [1.54, 1.807) is 19.1 Å². The highest BCUT2D eigenvalue weighted by atomic mass is 35.5. The number of pyridine rings is 1. The van der Waals surface area contributed by atoms with Gasteiger partial charge in [0.15, 0.2) is 6.10 Å². The lowest BCUT2D eigenvalue weighted by molar-refractivity contribution is -0.200. The van der Waals surface area contributed by atoms with E-state index in [1.165, 1.54) is 20.0 Å². The summed E-state index contributed by atoms with van der Waals surface area (Å²) in [7, 11) is 0. The van der Waals surface area contributed by atoms with Crippen molar-refractivity contribution in [3.05, 3.63) is 64.2 Å². The molecule has 0 radical (unpaired) electrons. The van der Waals surface area contributed by atoms with Crippen LogP contribution in [-0.2, 0) is 11.0 Å². The SMILES string of the molecule is CC.CC(C)=O.C[C@@H](c1cc(F)cc(C(F)(F)F)c1)c1ccc(Cl)cn1.NC[C@@H](O)C(F)(F)F. The van der Waals surface area contributed by atoms with Crippen molar-refractivity contribution < 1.29 is 40.6 Å². The van der Waals surface area contributed by atoms with E-state index >= 15 is 0 Å². The Morgan fingerprint density at radius 1 is 1.09 bits per heavy atom. The van der Waals surface area contributed by atoms with Gasteiger partial charge in [-0.25, -0.2) is 4.39 Å². The van der Waals surface area contributed by atoms with Crippen molar-refractivity contribution in [3.63, 3.8) is 0 Å². The molecule has 1 aromatic carbocycles. The number of halogens is 8. The van der Waals surface area contributed by atoms with Gasteiger partial charge in [0, 0.05) is 24.4 Å². The Morgan fingerprint density at radius 3 is 1.91 bits per heavy atom. The van der Waals surface area contributed by atoms with E-state index in [4.69, 9.17) is 16.7 Å². The third kappa shape index (κ3) is 14.1. The molecule has 1 aromatic heterocycles. The first kappa shape index (κ1) is 33.9.